The molecule has 2 amide bonds. The van der Waals surface area contributed by atoms with Gasteiger partial charge in [0.2, 0.25) is 5.91 Å². The van der Waals surface area contributed by atoms with Crippen molar-refractivity contribution in [2.45, 2.75) is 32.2 Å². The summed E-state index contributed by atoms with van der Waals surface area (Å²) in [5.41, 5.74) is 1.36. The average Bonchev–Trinajstić information content (AvgIpc) is 3.08. The van der Waals surface area contributed by atoms with Crippen molar-refractivity contribution in [1.29, 1.82) is 0 Å². The fourth-order valence-corrected chi connectivity index (χ4v) is 3.12. The smallest absolute Gasteiger partial charge is 0.251 e. The van der Waals surface area contributed by atoms with Crippen LogP contribution in [0, 0.1) is 0 Å². The molecule has 1 N–H and O–H groups in total. The number of methoxy groups -OCH3 is 1. The van der Waals surface area contributed by atoms with E-state index in [4.69, 9.17) is 9.47 Å². The van der Waals surface area contributed by atoms with Gasteiger partial charge in [-0.3, -0.25) is 9.59 Å². The van der Waals surface area contributed by atoms with Crippen LogP contribution in [0.1, 0.15) is 36.5 Å². The van der Waals surface area contributed by atoms with Crippen LogP contribution in [-0.2, 0) is 4.79 Å². The molecule has 1 aliphatic heterocycles. The highest BCUT2D eigenvalue weighted by molar-refractivity contribution is 5.99. The van der Waals surface area contributed by atoms with E-state index in [0.717, 1.165) is 30.0 Å². The number of nitrogens with zero attached hydrogens (tertiary/aromatic N) is 1. The average molecular weight is 382 g/mol. The molecule has 0 spiro atoms. The van der Waals surface area contributed by atoms with Crippen molar-refractivity contribution in [3.63, 3.8) is 0 Å². The molecule has 1 heterocycles. The fraction of sp³-hybridized carbons (Fsp3) is 0.364. The van der Waals surface area contributed by atoms with Gasteiger partial charge in [-0.15, -0.1) is 0 Å². The van der Waals surface area contributed by atoms with Crippen molar-refractivity contribution in [3.05, 3.63) is 54.1 Å². The van der Waals surface area contributed by atoms with Gasteiger partial charge in [0.15, 0.2) is 0 Å². The van der Waals surface area contributed by atoms with Crippen molar-refractivity contribution >= 4 is 17.5 Å². The van der Waals surface area contributed by atoms with Gasteiger partial charge < -0.3 is 19.7 Å². The maximum atomic E-state index is 12.5. The van der Waals surface area contributed by atoms with E-state index >= 15 is 0 Å². The van der Waals surface area contributed by atoms with Gasteiger partial charge in [-0.2, -0.15) is 0 Å². The molecule has 3 rings (SSSR count). The molecule has 6 heteroatoms. The van der Waals surface area contributed by atoms with Crippen LogP contribution in [0.4, 0.5) is 5.69 Å². The fourth-order valence-electron chi connectivity index (χ4n) is 3.12. The largest absolute Gasteiger partial charge is 0.497 e. The lowest BCUT2D eigenvalue weighted by Gasteiger charge is -2.17. The summed E-state index contributed by atoms with van der Waals surface area (Å²) in [6.07, 6.45) is 2.37. The van der Waals surface area contributed by atoms with Gasteiger partial charge in [-0.05, 0) is 55.0 Å². The Hall–Kier alpha value is -3.02. The van der Waals surface area contributed by atoms with Gasteiger partial charge in [-0.25, -0.2) is 0 Å². The zero-order valence-corrected chi connectivity index (χ0v) is 16.3. The summed E-state index contributed by atoms with van der Waals surface area (Å²) in [4.78, 5) is 26.6. The third kappa shape index (κ3) is 4.82. The number of benzene rings is 2. The number of amides is 2. The van der Waals surface area contributed by atoms with Gasteiger partial charge in [0, 0.05) is 24.2 Å². The standard InChI is InChI=1S/C22H26N2O4/c1-3-4-13-28-20-9-5-16(6-10-20)22(26)23-17-14-21(25)24(15-17)18-7-11-19(27-2)12-8-18/h5-12,17H,3-4,13-15H2,1-2H3,(H,23,26)/t17-/m0/s1. The summed E-state index contributed by atoms with van der Waals surface area (Å²) in [5, 5.41) is 2.95. The first-order valence-electron chi connectivity index (χ1n) is 9.59. The number of unbranched alkanes of at least 4 members (excludes halogenated alkanes) is 1. The molecule has 148 valence electrons. The van der Waals surface area contributed by atoms with Crippen LogP contribution in [0.3, 0.4) is 0 Å². The maximum absolute atomic E-state index is 12.5. The maximum Gasteiger partial charge on any atom is 0.251 e. The summed E-state index contributed by atoms with van der Waals surface area (Å²) in [5.74, 6) is 1.30. The SMILES string of the molecule is CCCCOc1ccc(C(=O)N[C@H]2CC(=O)N(c3ccc(OC)cc3)C2)cc1. The molecule has 0 unspecified atom stereocenters. The molecule has 1 fully saturated rings. The highest BCUT2D eigenvalue weighted by atomic mass is 16.5. The molecule has 0 radical (unpaired) electrons. The molecular weight excluding hydrogens is 356 g/mol. The number of anilines is 1. The van der Waals surface area contributed by atoms with Crippen LogP contribution in [0.15, 0.2) is 48.5 Å². The minimum Gasteiger partial charge on any atom is -0.497 e. The zero-order chi connectivity index (χ0) is 19.9. The molecule has 1 saturated heterocycles. The van der Waals surface area contributed by atoms with E-state index in [1.54, 1.807) is 36.3 Å². The van der Waals surface area contributed by atoms with Gasteiger partial charge in [0.05, 0.1) is 19.8 Å². The Kier molecular flexibility index (Phi) is 6.53. The Morgan fingerprint density at radius 3 is 2.43 bits per heavy atom. The molecule has 2 aromatic rings. The Bertz CT molecular complexity index is 802. The Balaban J connectivity index is 1.56. The highest BCUT2D eigenvalue weighted by Crippen LogP contribution is 2.24. The molecule has 1 aliphatic rings. The number of carbonyl (C=O) groups is 2. The number of hydrogen-bond donors (Lipinski definition) is 1. The first-order chi connectivity index (χ1) is 13.6. The van der Waals surface area contributed by atoms with Crippen LogP contribution in [0.2, 0.25) is 0 Å². The van der Waals surface area contributed by atoms with Crippen LogP contribution < -0.4 is 19.7 Å². The van der Waals surface area contributed by atoms with Crippen LogP contribution >= 0.6 is 0 Å². The second-order valence-electron chi connectivity index (χ2n) is 6.80. The minimum absolute atomic E-state index is 0.00450. The molecule has 0 aromatic heterocycles. The molecule has 0 bridgehead atoms. The number of ether oxygens (including phenoxy) is 2. The summed E-state index contributed by atoms with van der Waals surface area (Å²) in [6.45, 7) is 3.24. The van der Waals surface area contributed by atoms with E-state index in [0.29, 0.717) is 18.7 Å². The first kappa shape index (κ1) is 19.7. The molecule has 0 aliphatic carbocycles. The Labute approximate surface area is 165 Å². The highest BCUT2D eigenvalue weighted by Gasteiger charge is 2.31. The lowest BCUT2D eigenvalue weighted by Crippen LogP contribution is -2.37. The number of hydrogen-bond acceptors (Lipinski definition) is 4. The van der Waals surface area contributed by atoms with E-state index in [1.165, 1.54) is 0 Å². The topological polar surface area (TPSA) is 67.9 Å². The van der Waals surface area contributed by atoms with E-state index < -0.39 is 0 Å². The molecular formula is C22H26N2O4. The molecule has 0 saturated carbocycles. The van der Waals surface area contributed by atoms with Crippen molar-refractivity contribution in [2.24, 2.45) is 0 Å². The lowest BCUT2D eigenvalue weighted by molar-refractivity contribution is -0.117. The van der Waals surface area contributed by atoms with Crippen LogP contribution in [0.5, 0.6) is 11.5 Å². The summed E-state index contributed by atoms with van der Waals surface area (Å²) >= 11 is 0. The second kappa shape index (κ2) is 9.26. The quantitative estimate of drug-likeness (QED) is 0.711. The first-order valence-corrected chi connectivity index (χ1v) is 9.59. The molecule has 6 nitrogen and oxygen atoms in total. The van der Waals surface area contributed by atoms with Gasteiger partial charge in [-0.1, -0.05) is 13.3 Å². The summed E-state index contributed by atoms with van der Waals surface area (Å²) in [7, 11) is 1.60. The lowest BCUT2D eigenvalue weighted by atomic mass is 10.2. The van der Waals surface area contributed by atoms with Crippen molar-refractivity contribution in [1.82, 2.24) is 5.32 Å². The normalized spacial score (nSPS) is 16.1. The van der Waals surface area contributed by atoms with Crippen molar-refractivity contribution in [2.75, 3.05) is 25.2 Å². The monoisotopic (exact) mass is 382 g/mol. The van der Waals surface area contributed by atoms with E-state index in [-0.39, 0.29) is 24.3 Å². The van der Waals surface area contributed by atoms with Crippen LogP contribution in [-0.4, -0.2) is 38.1 Å². The predicted octanol–water partition coefficient (Wildman–Crippen LogP) is 3.41. The minimum atomic E-state index is -0.220. The van der Waals surface area contributed by atoms with E-state index in [2.05, 4.69) is 12.2 Å². The number of rotatable bonds is 8. The summed E-state index contributed by atoms with van der Waals surface area (Å²) in [6, 6.07) is 14.2. The number of carbonyl (C=O) groups excluding carboxylic acids is 2. The molecule has 1 atom stereocenters. The Morgan fingerprint density at radius 1 is 1.11 bits per heavy atom. The molecule has 28 heavy (non-hydrogen) atoms. The second-order valence-corrected chi connectivity index (χ2v) is 6.80. The predicted molar refractivity (Wildman–Crippen MR) is 108 cm³/mol. The number of nitrogens with one attached hydrogen (secondary N) is 1. The third-order valence-electron chi connectivity index (χ3n) is 4.73. The zero-order valence-electron chi connectivity index (χ0n) is 16.3. The summed E-state index contributed by atoms with van der Waals surface area (Å²) < 4.78 is 10.8. The van der Waals surface area contributed by atoms with Crippen molar-refractivity contribution in [3.8, 4) is 11.5 Å². The van der Waals surface area contributed by atoms with E-state index in [9.17, 15) is 9.59 Å². The third-order valence-corrected chi connectivity index (χ3v) is 4.73. The van der Waals surface area contributed by atoms with Crippen LogP contribution in [0.25, 0.3) is 0 Å². The van der Waals surface area contributed by atoms with Crippen molar-refractivity contribution < 1.29 is 19.1 Å². The van der Waals surface area contributed by atoms with E-state index in [1.807, 2.05) is 24.3 Å². The van der Waals surface area contributed by atoms with Gasteiger partial charge >= 0.3 is 0 Å². The van der Waals surface area contributed by atoms with Gasteiger partial charge in [0.25, 0.3) is 5.91 Å². The molecule has 2 aromatic carbocycles. The van der Waals surface area contributed by atoms with Gasteiger partial charge in [0.1, 0.15) is 11.5 Å². The Morgan fingerprint density at radius 2 is 1.79 bits per heavy atom.